The van der Waals surface area contributed by atoms with Crippen LogP contribution in [0.5, 0.6) is 0 Å². The van der Waals surface area contributed by atoms with Crippen LogP contribution >= 0.6 is 0 Å². The quantitative estimate of drug-likeness (QED) is 0.843. The van der Waals surface area contributed by atoms with Crippen molar-refractivity contribution in [2.45, 2.75) is 13.8 Å². The van der Waals surface area contributed by atoms with E-state index in [9.17, 15) is 9.59 Å². The maximum absolute atomic E-state index is 12.5. The Balaban J connectivity index is 1.95. The van der Waals surface area contributed by atoms with Crippen molar-refractivity contribution >= 4 is 11.8 Å². The zero-order valence-corrected chi connectivity index (χ0v) is 13.1. The fourth-order valence-electron chi connectivity index (χ4n) is 2.55. The van der Waals surface area contributed by atoms with Gasteiger partial charge in [-0.25, -0.2) is 0 Å². The first-order chi connectivity index (χ1) is 9.90. The number of rotatable bonds is 3. The van der Waals surface area contributed by atoms with Gasteiger partial charge < -0.3 is 14.7 Å². The molecule has 0 spiro atoms. The van der Waals surface area contributed by atoms with E-state index in [1.165, 1.54) is 0 Å². The summed E-state index contributed by atoms with van der Waals surface area (Å²) in [5.41, 5.74) is 2.18. The molecule has 7 heteroatoms. The second-order valence-electron chi connectivity index (χ2n) is 5.72. The second-order valence-corrected chi connectivity index (χ2v) is 5.72. The molecule has 0 aliphatic carbocycles. The number of aromatic amines is 1. The van der Waals surface area contributed by atoms with Gasteiger partial charge in [0.15, 0.2) is 0 Å². The highest BCUT2D eigenvalue weighted by Gasteiger charge is 2.27. The fourth-order valence-corrected chi connectivity index (χ4v) is 2.55. The molecule has 2 rings (SSSR count). The summed E-state index contributed by atoms with van der Waals surface area (Å²) in [4.78, 5) is 30.0. The molecule has 1 N–H and O–H groups in total. The molecule has 0 atom stereocenters. The summed E-state index contributed by atoms with van der Waals surface area (Å²) >= 11 is 0. The van der Waals surface area contributed by atoms with Crippen LogP contribution in [0, 0.1) is 13.8 Å². The van der Waals surface area contributed by atoms with Crippen molar-refractivity contribution < 1.29 is 9.59 Å². The van der Waals surface area contributed by atoms with Crippen LogP contribution in [0.15, 0.2) is 0 Å². The molecule has 2 amide bonds. The lowest BCUT2D eigenvalue weighted by Crippen LogP contribution is -2.52. The number of carbonyl (C=O) groups is 2. The normalized spacial score (nSPS) is 15.7. The molecule has 0 bridgehead atoms. The van der Waals surface area contributed by atoms with Crippen LogP contribution in [0.4, 0.5) is 0 Å². The van der Waals surface area contributed by atoms with Gasteiger partial charge in [-0.2, -0.15) is 5.10 Å². The molecule has 0 radical (unpaired) electrons. The number of amides is 2. The van der Waals surface area contributed by atoms with Crippen molar-refractivity contribution in [1.29, 1.82) is 0 Å². The number of nitrogens with zero attached hydrogens (tertiary/aromatic N) is 4. The monoisotopic (exact) mass is 293 g/mol. The molecule has 116 valence electrons. The highest BCUT2D eigenvalue weighted by atomic mass is 16.2. The predicted octanol–water partition coefficient (Wildman–Crippen LogP) is -0.127. The second kappa shape index (κ2) is 6.26. The van der Waals surface area contributed by atoms with E-state index in [0.29, 0.717) is 38.3 Å². The number of hydrogen-bond acceptors (Lipinski definition) is 4. The topological polar surface area (TPSA) is 72.5 Å². The van der Waals surface area contributed by atoms with Gasteiger partial charge in [0.25, 0.3) is 5.91 Å². The molecule has 2 heterocycles. The SMILES string of the molecule is Cc1n[nH]c(C)c1C(=O)N1CCN(C(=O)CN(C)C)CC1. The van der Waals surface area contributed by atoms with Gasteiger partial charge in [-0.1, -0.05) is 0 Å². The van der Waals surface area contributed by atoms with Crippen molar-refractivity contribution in [3.63, 3.8) is 0 Å². The molecular formula is C14H23N5O2. The Morgan fingerprint density at radius 1 is 1.14 bits per heavy atom. The smallest absolute Gasteiger partial charge is 0.257 e. The number of H-pyrrole nitrogens is 1. The summed E-state index contributed by atoms with van der Waals surface area (Å²) in [5.74, 6) is 0.112. The molecule has 21 heavy (non-hydrogen) atoms. The first-order valence-electron chi connectivity index (χ1n) is 7.13. The van der Waals surface area contributed by atoms with Crippen LogP contribution < -0.4 is 0 Å². The van der Waals surface area contributed by atoms with E-state index >= 15 is 0 Å². The molecule has 1 aromatic rings. The minimum Gasteiger partial charge on any atom is -0.338 e. The number of likely N-dealkylation sites (N-methyl/N-ethyl adjacent to an activating group) is 1. The molecule has 1 saturated heterocycles. The molecule has 0 saturated carbocycles. The zero-order valence-electron chi connectivity index (χ0n) is 13.1. The van der Waals surface area contributed by atoms with Gasteiger partial charge in [0.05, 0.1) is 17.8 Å². The van der Waals surface area contributed by atoms with Gasteiger partial charge >= 0.3 is 0 Å². The Labute approximate surface area is 124 Å². The van der Waals surface area contributed by atoms with Crippen LogP contribution in [-0.4, -0.2) is 83.5 Å². The maximum Gasteiger partial charge on any atom is 0.257 e. The molecule has 1 aliphatic rings. The lowest BCUT2D eigenvalue weighted by Gasteiger charge is -2.35. The fraction of sp³-hybridized carbons (Fsp3) is 0.643. The molecule has 0 aromatic carbocycles. The number of carbonyl (C=O) groups excluding carboxylic acids is 2. The lowest BCUT2D eigenvalue weighted by atomic mass is 10.1. The van der Waals surface area contributed by atoms with Crippen molar-refractivity contribution in [2.24, 2.45) is 0 Å². The summed E-state index contributed by atoms with van der Waals surface area (Å²) < 4.78 is 0. The first-order valence-corrected chi connectivity index (χ1v) is 7.13. The number of nitrogens with one attached hydrogen (secondary N) is 1. The van der Waals surface area contributed by atoms with E-state index in [4.69, 9.17) is 0 Å². The molecule has 1 aliphatic heterocycles. The van der Waals surface area contributed by atoms with Gasteiger partial charge in [-0.05, 0) is 27.9 Å². The minimum atomic E-state index is -0.00143. The predicted molar refractivity (Wildman–Crippen MR) is 79.1 cm³/mol. The maximum atomic E-state index is 12.5. The zero-order chi connectivity index (χ0) is 15.6. The molecule has 0 unspecified atom stereocenters. The van der Waals surface area contributed by atoms with E-state index in [-0.39, 0.29) is 11.8 Å². The van der Waals surface area contributed by atoms with Crippen molar-refractivity contribution in [3.05, 3.63) is 17.0 Å². The van der Waals surface area contributed by atoms with Crippen LogP contribution in [0.2, 0.25) is 0 Å². The number of piperazine rings is 1. The van der Waals surface area contributed by atoms with Gasteiger partial charge in [0.1, 0.15) is 0 Å². The Morgan fingerprint density at radius 3 is 2.19 bits per heavy atom. The van der Waals surface area contributed by atoms with Gasteiger partial charge in [-0.3, -0.25) is 14.7 Å². The lowest BCUT2D eigenvalue weighted by molar-refractivity contribution is -0.133. The van der Waals surface area contributed by atoms with Crippen molar-refractivity contribution in [2.75, 3.05) is 46.8 Å². The first kappa shape index (κ1) is 15.5. The average molecular weight is 293 g/mol. The van der Waals surface area contributed by atoms with Gasteiger partial charge in [-0.15, -0.1) is 0 Å². The summed E-state index contributed by atoms with van der Waals surface area (Å²) in [5, 5.41) is 6.90. The van der Waals surface area contributed by atoms with Gasteiger partial charge in [0, 0.05) is 31.9 Å². The molecular weight excluding hydrogens is 270 g/mol. The highest BCUT2D eigenvalue weighted by Crippen LogP contribution is 2.14. The Kier molecular flexibility index (Phi) is 4.62. The Bertz CT molecular complexity index is 510. The third-order valence-electron chi connectivity index (χ3n) is 3.71. The van der Waals surface area contributed by atoms with Crippen molar-refractivity contribution in [1.82, 2.24) is 24.9 Å². The van der Waals surface area contributed by atoms with Crippen LogP contribution in [0.25, 0.3) is 0 Å². The van der Waals surface area contributed by atoms with E-state index < -0.39 is 0 Å². The minimum absolute atomic E-state index is 0.00143. The Morgan fingerprint density at radius 2 is 1.71 bits per heavy atom. The summed E-state index contributed by atoms with van der Waals surface area (Å²) in [6.07, 6.45) is 0. The van der Waals surface area contributed by atoms with Gasteiger partial charge in [0.2, 0.25) is 5.91 Å². The van der Waals surface area contributed by atoms with Crippen LogP contribution in [-0.2, 0) is 4.79 Å². The van der Waals surface area contributed by atoms with Crippen molar-refractivity contribution in [3.8, 4) is 0 Å². The molecule has 1 aromatic heterocycles. The third kappa shape index (κ3) is 3.41. The molecule has 1 fully saturated rings. The van der Waals surface area contributed by atoms with E-state index in [1.54, 1.807) is 4.90 Å². The molecule has 7 nitrogen and oxygen atoms in total. The largest absolute Gasteiger partial charge is 0.338 e. The number of aromatic nitrogens is 2. The number of hydrogen-bond donors (Lipinski definition) is 1. The number of aryl methyl sites for hydroxylation is 2. The summed E-state index contributed by atoms with van der Waals surface area (Å²) in [6.45, 7) is 6.42. The van der Waals surface area contributed by atoms with Crippen LogP contribution in [0.3, 0.4) is 0 Å². The van der Waals surface area contributed by atoms with E-state index in [2.05, 4.69) is 10.2 Å². The van der Waals surface area contributed by atoms with E-state index in [0.717, 1.165) is 11.4 Å². The van der Waals surface area contributed by atoms with Crippen LogP contribution in [0.1, 0.15) is 21.7 Å². The summed E-state index contributed by atoms with van der Waals surface area (Å²) in [6, 6.07) is 0. The third-order valence-corrected chi connectivity index (χ3v) is 3.71. The highest BCUT2D eigenvalue weighted by molar-refractivity contribution is 5.96. The standard InChI is InChI=1S/C14H23N5O2/c1-10-13(11(2)16-15-10)14(21)19-7-5-18(6-8-19)12(20)9-17(3)4/h5-9H2,1-4H3,(H,15,16). The average Bonchev–Trinajstić information content (AvgIpc) is 2.77. The summed E-state index contributed by atoms with van der Waals surface area (Å²) in [7, 11) is 3.75. The Hall–Kier alpha value is -1.89. The van der Waals surface area contributed by atoms with E-state index in [1.807, 2.05) is 37.7 Å².